The van der Waals surface area contributed by atoms with Gasteiger partial charge in [0.25, 0.3) is 0 Å². The largest absolute Gasteiger partial charge is 0.373 e. The molecule has 1 aliphatic heterocycles. The van der Waals surface area contributed by atoms with E-state index in [0.717, 1.165) is 36.4 Å². The third-order valence-electron chi connectivity index (χ3n) is 2.66. The van der Waals surface area contributed by atoms with Crippen LogP contribution >= 0.6 is 15.9 Å². The van der Waals surface area contributed by atoms with Crippen LogP contribution in [0, 0.1) is 0 Å². The van der Waals surface area contributed by atoms with Gasteiger partial charge in [-0.15, -0.1) is 0 Å². The molecule has 0 amide bonds. The molecule has 1 fully saturated rings. The van der Waals surface area contributed by atoms with Gasteiger partial charge in [0.05, 0.1) is 5.60 Å². The molecule has 1 aromatic rings. The second-order valence-corrected chi connectivity index (χ2v) is 4.91. The number of halogens is 1. The van der Waals surface area contributed by atoms with Gasteiger partial charge in [-0.2, -0.15) is 0 Å². The van der Waals surface area contributed by atoms with Crippen LogP contribution in [0.2, 0.25) is 0 Å². The van der Waals surface area contributed by atoms with Crippen molar-refractivity contribution in [1.82, 2.24) is 4.98 Å². The van der Waals surface area contributed by atoms with Crippen LogP contribution in [0.1, 0.15) is 19.8 Å². The standard InChI is InChI=1S/C11H15BrN2O/c1-11(6-3-7-15-11)8-13-10-5-2-4-9(12)14-10/h2,4-5H,3,6-8H2,1H3,(H,13,14). The molecule has 1 saturated heterocycles. The molecule has 0 spiro atoms. The fourth-order valence-corrected chi connectivity index (χ4v) is 2.10. The molecule has 15 heavy (non-hydrogen) atoms. The van der Waals surface area contributed by atoms with Gasteiger partial charge in [-0.25, -0.2) is 4.98 Å². The van der Waals surface area contributed by atoms with E-state index in [-0.39, 0.29) is 5.60 Å². The second kappa shape index (κ2) is 4.49. The molecule has 2 rings (SSSR count). The molecule has 1 aliphatic rings. The molecular weight excluding hydrogens is 256 g/mol. The quantitative estimate of drug-likeness (QED) is 0.858. The van der Waals surface area contributed by atoms with Crippen molar-refractivity contribution in [3.63, 3.8) is 0 Å². The summed E-state index contributed by atoms with van der Waals surface area (Å²) in [7, 11) is 0. The lowest BCUT2D eigenvalue weighted by atomic mass is 10.0. The molecule has 4 heteroatoms. The fourth-order valence-electron chi connectivity index (χ4n) is 1.76. The van der Waals surface area contributed by atoms with Gasteiger partial charge in [-0.3, -0.25) is 0 Å². The van der Waals surface area contributed by atoms with E-state index in [2.05, 4.69) is 33.2 Å². The molecule has 82 valence electrons. The van der Waals surface area contributed by atoms with E-state index < -0.39 is 0 Å². The summed E-state index contributed by atoms with van der Waals surface area (Å²) in [4.78, 5) is 4.32. The van der Waals surface area contributed by atoms with E-state index in [1.165, 1.54) is 0 Å². The third-order valence-corrected chi connectivity index (χ3v) is 3.10. The zero-order valence-electron chi connectivity index (χ0n) is 8.79. The first-order valence-electron chi connectivity index (χ1n) is 5.18. The van der Waals surface area contributed by atoms with Crippen LogP contribution in [0.5, 0.6) is 0 Å². The van der Waals surface area contributed by atoms with E-state index in [0.29, 0.717) is 0 Å². The van der Waals surface area contributed by atoms with E-state index >= 15 is 0 Å². The zero-order valence-corrected chi connectivity index (χ0v) is 10.4. The number of anilines is 1. The summed E-state index contributed by atoms with van der Waals surface area (Å²) in [5.74, 6) is 0.890. The second-order valence-electron chi connectivity index (χ2n) is 4.10. The van der Waals surface area contributed by atoms with Crippen LogP contribution in [0.15, 0.2) is 22.8 Å². The van der Waals surface area contributed by atoms with Crippen LogP contribution in [0.4, 0.5) is 5.82 Å². The van der Waals surface area contributed by atoms with Crippen LogP contribution < -0.4 is 5.32 Å². The Morgan fingerprint density at radius 3 is 3.13 bits per heavy atom. The minimum Gasteiger partial charge on any atom is -0.373 e. The summed E-state index contributed by atoms with van der Waals surface area (Å²) in [5, 5.41) is 3.30. The Labute approximate surface area is 98.4 Å². The summed E-state index contributed by atoms with van der Waals surface area (Å²) in [5.41, 5.74) is -0.0238. The minimum absolute atomic E-state index is 0.0238. The lowest BCUT2D eigenvalue weighted by molar-refractivity contribution is 0.0315. The zero-order chi connectivity index (χ0) is 10.7. The molecule has 1 atom stereocenters. The number of aromatic nitrogens is 1. The van der Waals surface area contributed by atoms with Crippen molar-refractivity contribution in [2.24, 2.45) is 0 Å². The van der Waals surface area contributed by atoms with Crippen molar-refractivity contribution < 1.29 is 4.74 Å². The molecular formula is C11H15BrN2O. The smallest absolute Gasteiger partial charge is 0.127 e. The van der Waals surface area contributed by atoms with Gasteiger partial charge in [0.2, 0.25) is 0 Å². The topological polar surface area (TPSA) is 34.2 Å². The Bertz CT molecular complexity index is 337. The molecule has 3 nitrogen and oxygen atoms in total. The summed E-state index contributed by atoms with van der Waals surface area (Å²) in [6.07, 6.45) is 2.28. The maximum atomic E-state index is 5.69. The number of pyridine rings is 1. The normalized spacial score (nSPS) is 25.5. The van der Waals surface area contributed by atoms with Gasteiger partial charge in [-0.1, -0.05) is 6.07 Å². The Hall–Kier alpha value is -0.610. The third kappa shape index (κ3) is 2.92. The Morgan fingerprint density at radius 2 is 2.47 bits per heavy atom. The molecule has 1 unspecified atom stereocenters. The minimum atomic E-state index is -0.0238. The molecule has 0 radical (unpaired) electrons. The number of hydrogen-bond acceptors (Lipinski definition) is 3. The SMILES string of the molecule is CC1(CNc2cccc(Br)n2)CCCO1. The van der Waals surface area contributed by atoms with Crippen molar-refractivity contribution in [3.05, 3.63) is 22.8 Å². The van der Waals surface area contributed by atoms with Gasteiger partial charge in [0, 0.05) is 13.2 Å². The van der Waals surface area contributed by atoms with E-state index in [9.17, 15) is 0 Å². The lowest BCUT2D eigenvalue weighted by Gasteiger charge is -2.23. The van der Waals surface area contributed by atoms with Crippen LogP contribution in [-0.4, -0.2) is 23.7 Å². The predicted molar refractivity (Wildman–Crippen MR) is 64.0 cm³/mol. The molecule has 1 aromatic heterocycles. The molecule has 0 saturated carbocycles. The van der Waals surface area contributed by atoms with Gasteiger partial charge < -0.3 is 10.1 Å². The number of hydrogen-bond donors (Lipinski definition) is 1. The number of rotatable bonds is 3. The first kappa shape index (κ1) is 10.9. The average molecular weight is 271 g/mol. The predicted octanol–water partition coefficient (Wildman–Crippen LogP) is 2.83. The summed E-state index contributed by atoms with van der Waals surface area (Å²) in [6.45, 7) is 3.84. The molecule has 1 N–H and O–H groups in total. The summed E-state index contributed by atoms with van der Waals surface area (Å²) >= 11 is 3.35. The lowest BCUT2D eigenvalue weighted by Crippen LogP contribution is -2.32. The van der Waals surface area contributed by atoms with Crippen LogP contribution in [0.3, 0.4) is 0 Å². The highest BCUT2D eigenvalue weighted by molar-refractivity contribution is 9.10. The van der Waals surface area contributed by atoms with Gasteiger partial charge >= 0.3 is 0 Å². The Morgan fingerprint density at radius 1 is 1.60 bits per heavy atom. The highest BCUT2D eigenvalue weighted by atomic mass is 79.9. The van der Waals surface area contributed by atoms with E-state index in [4.69, 9.17) is 4.74 Å². The highest BCUT2D eigenvalue weighted by Gasteiger charge is 2.29. The highest BCUT2D eigenvalue weighted by Crippen LogP contribution is 2.25. The number of ether oxygens (including phenoxy) is 1. The molecule has 2 heterocycles. The van der Waals surface area contributed by atoms with Crippen molar-refractivity contribution in [2.75, 3.05) is 18.5 Å². The van der Waals surface area contributed by atoms with Gasteiger partial charge in [0.1, 0.15) is 10.4 Å². The Balaban J connectivity index is 1.92. The maximum absolute atomic E-state index is 5.69. The fraction of sp³-hybridized carbons (Fsp3) is 0.545. The van der Waals surface area contributed by atoms with E-state index in [1.54, 1.807) is 0 Å². The van der Waals surface area contributed by atoms with Gasteiger partial charge in [-0.05, 0) is 47.8 Å². The Kier molecular flexibility index (Phi) is 3.26. The van der Waals surface area contributed by atoms with E-state index in [1.807, 2.05) is 18.2 Å². The van der Waals surface area contributed by atoms with Crippen LogP contribution in [-0.2, 0) is 4.74 Å². The molecule has 0 bridgehead atoms. The average Bonchev–Trinajstić information content (AvgIpc) is 2.63. The van der Waals surface area contributed by atoms with Crippen molar-refractivity contribution >= 4 is 21.7 Å². The number of nitrogens with zero attached hydrogens (tertiary/aromatic N) is 1. The monoisotopic (exact) mass is 270 g/mol. The first-order chi connectivity index (χ1) is 7.18. The van der Waals surface area contributed by atoms with Crippen LogP contribution in [0.25, 0.3) is 0 Å². The number of nitrogens with one attached hydrogen (secondary N) is 1. The van der Waals surface area contributed by atoms with Crippen molar-refractivity contribution in [2.45, 2.75) is 25.4 Å². The first-order valence-corrected chi connectivity index (χ1v) is 5.98. The molecule has 0 aromatic carbocycles. The van der Waals surface area contributed by atoms with Crippen molar-refractivity contribution in [1.29, 1.82) is 0 Å². The van der Waals surface area contributed by atoms with Gasteiger partial charge in [0.15, 0.2) is 0 Å². The van der Waals surface area contributed by atoms with Crippen molar-refractivity contribution in [3.8, 4) is 0 Å². The molecule has 0 aliphatic carbocycles. The maximum Gasteiger partial charge on any atom is 0.127 e. The summed E-state index contributed by atoms with van der Waals surface area (Å²) < 4.78 is 6.54. The summed E-state index contributed by atoms with van der Waals surface area (Å²) in [6, 6.07) is 5.85.